The fourth-order valence-electron chi connectivity index (χ4n) is 3.51. The van der Waals surface area contributed by atoms with Gasteiger partial charge in [0, 0.05) is 24.7 Å². The van der Waals surface area contributed by atoms with Crippen LogP contribution < -0.4 is 16.0 Å². The number of nitrogens with two attached hydrogens (primary N) is 1. The number of fused-ring (bicyclic) bond motifs is 3. The highest BCUT2D eigenvalue weighted by Crippen LogP contribution is 2.34. The second-order valence-electron chi connectivity index (χ2n) is 7.09. The van der Waals surface area contributed by atoms with E-state index in [-0.39, 0.29) is 11.6 Å². The molecule has 0 amide bonds. The summed E-state index contributed by atoms with van der Waals surface area (Å²) in [6.45, 7) is 6.46. The van der Waals surface area contributed by atoms with Crippen LogP contribution in [0.5, 0.6) is 5.75 Å². The number of benzene rings is 1. The van der Waals surface area contributed by atoms with Crippen molar-refractivity contribution in [2.45, 2.75) is 33.2 Å². The molecule has 3 rings (SSSR count). The molecule has 0 spiro atoms. The summed E-state index contributed by atoms with van der Waals surface area (Å²) in [5.74, 6) is 0.827. The van der Waals surface area contributed by atoms with E-state index in [0.29, 0.717) is 28.7 Å². The Morgan fingerprint density at radius 1 is 1.27 bits per heavy atom. The lowest BCUT2D eigenvalue weighted by molar-refractivity contribution is 0.247. The summed E-state index contributed by atoms with van der Waals surface area (Å²) in [7, 11) is 1.74. The number of rotatable bonds is 5. The van der Waals surface area contributed by atoms with Crippen molar-refractivity contribution in [1.82, 2.24) is 9.55 Å². The third kappa shape index (κ3) is 3.29. The zero-order valence-corrected chi connectivity index (χ0v) is 16.3. The molecule has 0 saturated heterocycles. The zero-order valence-electron chi connectivity index (χ0n) is 15.5. The number of ether oxygens (including phenoxy) is 1. The van der Waals surface area contributed by atoms with Gasteiger partial charge in [-0.2, -0.15) is 0 Å². The van der Waals surface area contributed by atoms with Gasteiger partial charge in [-0.05, 0) is 49.8 Å². The van der Waals surface area contributed by atoms with Gasteiger partial charge < -0.3 is 15.0 Å². The van der Waals surface area contributed by atoms with Crippen LogP contribution in [0, 0.1) is 12.8 Å². The lowest BCUT2D eigenvalue weighted by Gasteiger charge is -2.17. The Balaban J connectivity index is 2.11. The third-order valence-electron chi connectivity index (χ3n) is 4.66. The minimum atomic E-state index is -0.150. The molecule has 2 N–H and O–H groups in total. The molecule has 2 aromatic heterocycles. The molecule has 0 aliphatic heterocycles. The van der Waals surface area contributed by atoms with Gasteiger partial charge in [0.2, 0.25) is 0 Å². The molecule has 2 unspecified atom stereocenters. The van der Waals surface area contributed by atoms with Gasteiger partial charge in [-0.15, -0.1) is 0 Å². The molecule has 138 valence electrons. The highest BCUT2D eigenvalue weighted by molar-refractivity contribution is 6.37. The molecule has 0 aliphatic carbocycles. The molecule has 6 heteroatoms. The van der Waals surface area contributed by atoms with Crippen LogP contribution in [0.2, 0.25) is 5.02 Å². The maximum Gasteiger partial charge on any atom is 0.260 e. The number of hydrogen-bond donors (Lipinski definition) is 1. The van der Waals surface area contributed by atoms with Gasteiger partial charge in [0.1, 0.15) is 5.75 Å². The SMILES string of the molecule is Cc1nccc2c3ccc(OCC(C)CC(C)N)c(Cl)c3c(=O)n(C)c12. The quantitative estimate of drug-likeness (QED) is 0.690. The third-order valence-corrected chi connectivity index (χ3v) is 5.03. The molecule has 1 aromatic carbocycles. The van der Waals surface area contributed by atoms with Crippen molar-refractivity contribution in [1.29, 1.82) is 0 Å². The topological polar surface area (TPSA) is 70.1 Å². The second-order valence-corrected chi connectivity index (χ2v) is 7.46. The number of hydrogen-bond acceptors (Lipinski definition) is 4. The number of aryl methyl sites for hydroxylation is 2. The summed E-state index contributed by atoms with van der Waals surface area (Å²) >= 11 is 6.57. The molecule has 2 atom stereocenters. The molecule has 0 saturated carbocycles. The maximum atomic E-state index is 12.9. The predicted octanol–water partition coefficient (Wildman–Crippen LogP) is 3.80. The standard InChI is InChI=1S/C20H24ClN3O2/c1-11(9-12(2)22)10-26-16-6-5-14-15-7-8-23-13(3)19(15)24(4)20(25)17(14)18(16)21/h5-8,11-12H,9-10,22H2,1-4H3. The minimum Gasteiger partial charge on any atom is -0.492 e. The highest BCUT2D eigenvalue weighted by Gasteiger charge is 2.17. The molecule has 3 aromatic rings. The Morgan fingerprint density at radius 2 is 2.00 bits per heavy atom. The molecule has 0 aliphatic rings. The van der Waals surface area contributed by atoms with Crippen molar-refractivity contribution >= 4 is 33.3 Å². The monoisotopic (exact) mass is 373 g/mol. The Kier molecular flexibility index (Phi) is 5.21. The van der Waals surface area contributed by atoms with Crippen molar-refractivity contribution < 1.29 is 4.74 Å². The lowest BCUT2D eigenvalue weighted by atomic mass is 10.0. The normalized spacial score (nSPS) is 13.9. The molecule has 26 heavy (non-hydrogen) atoms. The van der Waals surface area contributed by atoms with Gasteiger partial charge >= 0.3 is 0 Å². The van der Waals surface area contributed by atoms with Crippen molar-refractivity contribution in [3.05, 3.63) is 45.5 Å². The first-order valence-electron chi connectivity index (χ1n) is 8.76. The molecular weight excluding hydrogens is 350 g/mol. The van der Waals surface area contributed by atoms with E-state index in [1.165, 1.54) is 0 Å². The van der Waals surface area contributed by atoms with Crippen LogP contribution in [0.1, 0.15) is 26.0 Å². The van der Waals surface area contributed by atoms with Gasteiger partial charge in [0.25, 0.3) is 5.56 Å². The van der Waals surface area contributed by atoms with Crippen molar-refractivity contribution in [3.8, 4) is 5.75 Å². The summed E-state index contributed by atoms with van der Waals surface area (Å²) < 4.78 is 7.50. The van der Waals surface area contributed by atoms with E-state index >= 15 is 0 Å². The Hall–Kier alpha value is -2.11. The summed E-state index contributed by atoms with van der Waals surface area (Å²) in [4.78, 5) is 17.2. The van der Waals surface area contributed by atoms with Gasteiger partial charge in [-0.3, -0.25) is 9.78 Å². The number of aromatic nitrogens is 2. The van der Waals surface area contributed by atoms with Crippen LogP contribution in [0.3, 0.4) is 0 Å². The largest absolute Gasteiger partial charge is 0.492 e. The van der Waals surface area contributed by atoms with E-state index < -0.39 is 0 Å². The molecule has 0 bridgehead atoms. The van der Waals surface area contributed by atoms with Crippen molar-refractivity contribution in [2.75, 3.05) is 6.61 Å². The van der Waals surface area contributed by atoms with Crippen LogP contribution in [-0.4, -0.2) is 22.2 Å². The first-order valence-corrected chi connectivity index (χ1v) is 9.14. The molecule has 5 nitrogen and oxygen atoms in total. The lowest BCUT2D eigenvalue weighted by Crippen LogP contribution is -2.22. The number of pyridine rings is 2. The van der Waals surface area contributed by atoms with Crippen molar-refractivity contribution in [2.24, 2.45) is 18.7 Å². The number of halogens is 1. The van der Waals surface area contributed by atoms with E-state index in [4.69, 9.17) is 22.1 Å². The summed E-state index contributed by atoms with van der Waals surface area (Å²) in [5, 5.41) is 2.60. The average molecular weight is 374 g/mol. The minimum absolute atomic E-state index is 0.121. The van der Waals surface area contributed by atoms with Gasteiger partial charge in [0.05, 0.1) is 28.2 Å². The molecule has 2 heterocycles. The predicted molar refractivity (Wildman–Crippen MR) is 107 cm³/mol. The van der Waals surface area contributed by atoms with Crippen LogP contribution in [0.15, 0.2) is 29.2 Å². The smallest absolute Gasteiger partial charge is 0.260 e. The molecular formula is C20H24ClN3O2. The fourth-order valence-corrected chi connectivity index (χ4v) is 3.81. The highest BCUT2D eigenvalue weighted by atomic mass is 35.5. The van der Waals surface area contributed by atoms with Crippen LogP contribution in [0.25, 0.3) is 21.7 Å². The average Bonchev–Trinajstić information content (AvgIpc) is 2.57. The van der Waals surface area contributed by atoms with Gasteiger partial charge in [-0.1, -0.05) is 18.5 Å². The molecule has 0 radical (unpaired) electrons. The zero-order chi connectivity index (χ0) is 19.0. The van der Waals surface area contributed by atoms with E-state index in [1.54, 1.807) is 17.8 Å². The van der Waals surface area contributed by atoms with Crippen LogP contribution in [0.4, 0.5) is 0 Å². The molecule has 0 fully saturated rings. The first kappa shape index (κ1) is 18.7. The van der Waals surface area contributed by atoms with Gasteiger partial charge in [0.15, 0.2) is 0 Å². The summed E-state index contributed by atoms with van der Waals surface area (Å²) in [6.07, 6.45) is 2.61. The van der Waals surface area contributed by atoms with Crippen LogP contribution in [-0.2, 0) is 7.05 Å². The van der Waals surface area contributed by atoms with E-state index in [1.807, 2.05) is 32.0 Å². The Bertz CT molecular complexity index is 1030. The summed E-state index contributed by atoms with van der Waals surface area (Å²) in [6, 6.07) is 5.76. The van der Waals surface area contributed by atoms with E-state index in [0.717, 1.165) is 28.4 Å². The van der Waals surface area contributed by atoms with Gasteiger partial charge in [-0.25, -0.2) is 0 Å². The second kappa shape index (κ2) is 7.25. The van der Waals surface area contributed by atoms with Crippen LogP contribution >= 0.6 is 11.6 Å². The Labute approximate surface area is 157 Å². The number of nitrogens with zero attached hydrogens (tertiary/aromatic N) is 2. The maximum absolute atomic E-state index is 12.9. The Morgan fingerprint density at radius 3 is 2.69 bits per heavy atom. The fraction of sp³-hybridized carbons (Fsp3) is 0.400. The summed E-state index contributed by atoms with van der Waals surface area (Å²) in [5.41, 5.74) is 7.32. The first-order chi connectivity index (χ1) is 12.3. The van der Waals surface area contributed by atoms with E-state index in [9.17, 15) is 4.79 Å². The van der Waals surface area contributed by atoms with Crippen molar-refractivity contribution in [3.63, 3.8) is 0 Å². The van der Waals surface area contributed by atoms with E-state index in [2.05, 4.69) is 11.9 Å².